The van der Waals surface area contributed by atoms with Crippen molar-refractivity contribution in [3.63, 3.8) is 0 Å². The van der Waals surface area contributed by atoms with Gasteiger partial charge in [-0.3, -0.25) is 14.4 Å². The Labute approximate surface area is 175 Å². The van der Waals surface area contributed by atoms with Crippen molar-refractivity contribution in [3.05, 3.63) is 18.2 Å². The average Bonchev–Trinajstić information content (AvgIpc) is 2.40. The van der Waals surface area contributed by atoms with Crippen LogP contribution in [-0.2, 0) is 14.4 Å². The van der Waals surface area contributed by atoms with E-state index in [1.165, 1.54) is 0 Å². The van der Waals surface area contributed by atoms with Crippen molar-refractivity contribution in [1.82, 2.24) is 0 Å². The number of hydrogen-bond donors (Lipinski definition) is 3. The normalized spacial score (nSPS) is 12.3. The molecule has 3 amide bonds. The second kappa shape index (κ2) is 8.97. The van der Waals surface area contributed by atoms with Gasteiger partial charge in [0.15, 0.2) is 0 Å². The summed E-state index contributed by atoms with van der Waals surface area (Å²) in [7, 11) is 0. The number of nitrogens with one attached hydrogen (secondary N) is 3. The minimum atomic E-state index is -0.568. The van der Waals surface area contributed by atoms with Crippen LogP contribution < -0.4 is 16.0 Å². The largest absolute Gasteiger partial charge is 0.326 e. The highest BCUT2D eigenvalue weighted by atomic mass is 16.2. The van der Waals surface area contributed by atoms with Gasteiger partial charge in [0, 0.05) is 35.3 Å². The Morgan fingerprint density at radius 2 is 0.931 bits per heavy atom. The van der Waals surface area contributed by atoms with Crippen molar-refractivity contribution in [2.24, 2.45) is 16.2 Å². The molecule has 0 heterocycles. The zero-order chi connectivity index (χ0) is 22.6. The van der Waals surface area contributed by atoms with Crippen molar-refractivity contribution >= 4 is 34.8 Å². The van der Waals surface area contributed by atoms with Gasteiger partial charge in [0.1, 0.15) is 0 Å². The topological polar surface area (TPSA) is 87.3 Å². The van der Waals surface area contributed by atoms with Crippen LogP contribution >= 0.6 is 0 Å². The Bertz CT molecular complexity index is 715. The quantitative estimate of drug-likeness (QED) is 0.613. The number of carbonyl (C=O) groups excluding carboxylic acids is 3. The fourth-order valence-electron chi connectivity index (χ4n) is 2.54. The molecule has 3 N–H and O–H groups in total. The minimum Gasteiger partial charge on any atom is -0.326 e. The van der Waals surface area contributed by atoms with Crippen LogP contribution in [0.4, 0.5) is 17.1 Å². The van der Waals surface area contributed by atoms with Crippen LogP contribution in [0, 0.1) is 16.2 Å². The zero-order valence-electron chi connectivity index (χ0n) is 19.4. The Kier molecular flexibility index (Phi) is 7.63. The lowest BCUT2D eigenvalue weighted by Crippen LogP contribution is -2.28. The van der Waals surface area contributed by atoms with Gasteiger partial charge >= 0.3 is 0 Å². The summed E-state index contributed by atoms with van der Waals surface area (Å²) in [5.41, 5.74) is 0.706. The highest BCUT2D eigenvalue weighted by Crippen LogP contribution is 2.27. The van der Waals surface area contributed by atoms with Crippen molar-refractivity contribution in [3.8, 4) is 0 Å². The predicted octanol–water partition coefficient (Wildman–Crippen LogP) is 5.42. The summed E-state index contributed by atoms with van der Waals surface area (Å²) in [5, 5.41) is 8.61. The van der Waals surface area contributed by atoms with E-state index in [1.54, 1.807) is 18.2 Å². The second-order valence-corrected chi connectivity index (χ2v) is 11.1. The van der Waals surface area contributed by atoms with E-state index < -0.39 is 5.41 Å². The first-order valence-electron chi connectivity index (χ1n) is 10.0. The first-order valence-corrected chi connectivity index (χ1v) is 10.0. The van der Waals surface area contributed by atoms with E-state index in [0.29, 0.717) is 29.9 Å². The van der Waals surface area contributed by atoms with Gasteiger partial charge in [-0.25, -0.2) is 0 Å². The Morgan fingerprint density at radius 1 is 0.621 bits per heavy atom. The monoisotopic (exact) mass is 403 g/mol. The summed E-state index contributed by atoms with van der Waals surface area (Å²) < 4.78 is 0. The van der Waals surface area contributed by atoms with E-state index >= 15 is 0 Å². The molecule has 0 aliphatic heterocycles. The Hall–Kier alpha value is -2.37. The Balaban J connectivity index is 3.13. The standard InChI is InChI=1S/C23H37N3O3/c1-21(2,3)13-18(27)24-15-10-16(25-19(28)14-22(4,5)6)12-17(11-15)26-20(29)23(7,8)9/h10-12H,13-14H2,1-9H3,(H,24,27)(H,25,28)(H,26,29). The fraction of sp³-hybridized carbons (Fsp3) is 0.609. The molecule has 0 aliphatic carbocycles. The fourth-order valence-corrected chi connectivity index (χ4v) is 2.54. The molecular weight excluding hydrogens is 366 g/mol. The summed E-state index contributed by atoms with van der Waals surface area (Å²) >= 11 is 0. The van der Waals surface area contributed by atoms with Crippen LogP contribution in [0.3, 0.4) is 0 Å². The molecule has 0 aliphatic rings. The predicted molar refractivity (Wildman–Crippen MR) is 120 cm³/mol. The molecule has 1 aromatic carbocycles. The minimum absolute atomic E-state index is 0.122. The van der Waals surface area contributed by atoms with Gasteiger partial charge in [-0.1, -0.05) is 62.3 Å². The van der Waals surface area contributed by atoms with Gasteiger partial charge in [0.25, 0.3) is 0 Å². The summed E-state index contributed by atoms with van der Waals surface area (Å²) in [5.74, 6) is -0.393. The maximum atomic E-state index is 12.4. The number of benzene rings is 1. The smallest absolute Gasteiger partial charge is 0.229 e. The van der Waals surface area contributed by atoms with E-state index in [9.17, 15) is 14.4 Å². The van der Waals surface area contributed by atoms with Gasteiger partial charge in [0.05, 0.1) is 0 Å². The summed E-state index contributed by atoms with van der Waals surface area (Å²) in [4.78, 5) is 37.1. The number of carbonyl (C=O) groups is 3. The summed E-state index contributed by atoms with van der Waals surface area (Å²) in [6, 6.07) is 5.10. The second-order valence-electron chi connectivity index (χ2n) is 11.1. The Morgan fingerprint density at radius 3 is 1.21 bits per heavy atom. The summed E-state index contributed by atoms with van der Waals surface area (Å²) in [6.07, 6.45) is 0.717. The van der Waals surface area contributed by atoms with Crippen LogP contribution in [0.15, 0.2) is 18.2 Å². The molecule has 162 valence electrons. The van der Waals surface area contributed by atoms with E-state index in [-0.39, 0.29) is 28.6 Å². The number of hydrogen-bond acceptors (Lipinski definition) is 3. The lowest BCUT2D eigenvalue weighted by atomic mass is 9.92. The van der Waals surface area contributed by atoms with Crippen molar-refractivity contribution in [2.45, 2.75) is 75.2 Å². The van der Waals surface area contributed by atoms with Crippen LogP contribution in [0.5, 0.6) is 0 Å². The van der Waals surface area contributed by atoms with E-state index in [0.717, 1.165) is 0 Å². The maximum absolute atomic E-state index is 12.4. The first-order chi connectivity index (χ1) is 12.9. The SMILES string of the molecule is CC(C)(C)CC(=O)Nc1cc(NC(=O)CC(C)(C)C)cc(NC(=O)C(C)(C)C)c1. The summed E-state index contributed by atoms with van der Waals surface area (Å²) in [6.45, 7) is 17.4. The molecule has 0 atom stereocenters. The molecule has 0 aromatic heterocycles. The molecule has 0 spiro atoms. The van der Waals surface area contributed by atoms with Gasteiger partial charge < -0.3 is 16.0 Å². The van der Waals surface area contributed by atoms with Crippen LogP contribution in [0.2, 0.25) is 0 Å². The van der Waals surface area contributed by atoms with Crippen molar-refractivity contribution < 1.29 is 14.4 Å². The van der Waals surface area contributed by atoms with E-state index in [4.69, 9.17) is 0 Å². The molecule has 1 rings (SSSR count). The molecular formula is C23H37N3O3. The molecule has 0 bridgehead atoms. The molecule has 6 heteroatoms. The maximum Gasteiger partial charge on any atom is 0.229 e. The van der Waals surface area contributed by atoms with Crippen molar-refractivity contribution in [1.29, 1.82) is 0 Å². The number of anilines is 3. The molecule has 0 radical (unpaired) electrons. The lowest BCUT2D eigenvalue weighted by molar-refractivity contribution is -0.123. The number of rotatable bonds is 5. The third-order valence-corrected chi connectivity index (χ3v) is 3.82. The van der Waals surface area contributed by atoms with Crippen LogP contribution in [0.1, 0.15) is 75.2 Å². The van der Waals surface area contributed by atoms with Gasteiger partial charge in [-0.05, 0) is 29.0 Å². The average molecular weight is 404 g/mol. The molecule has 0 saturated carbocycles. The number of amides is 3. The first kappa shape index (κ1) is 24.7. The van der Waals surface area contributed by atoms with Crippen LogP contribution in [-0.4, -0.2) is 17.7 Å². The molecule has 0 saturated heterocycles. The highest BCUT2D eigenvalue weighted by Gasteiger charge is 2.22. The van der Waals surface area contributed by atoms with Crippen molar-refractivity contribution in [2.75, 3.05) is 16.0 Å². The molecule has 0 fully saturated rings. The molecule has 0 unspecified atom stereocenters. The van der Waals surface area contributed by atoms with Crippen LogP contribution in [0.25, 0.3) is 0 Å². The van der Waals surface area contributed by atoms with E-state index in [1.807, 2.05) is 62.3 Å². The third kappa shape index (κ3) is 10.1. The molecule has 29 heavy (non-hydrogen) atoms. The van der Waals surface area contributed by atoms with Gasteiger partial charge in [-0.15, -0.1) is 0 Å². The van der Waals surface area contributed by atoms with Gasteiger partial charge in [-0.2, -0.15) is 0 Å². The lowest BCUT2D eigenvalue weighted by Gasteiger charge is -2.21. The van der Waals surface area contributed by atoms with E-state index in [2.05, 4.69) is 16.0 Å². The zero-order valence-corrected chi connectivity index (χ0v) is 19.4. The third-order valence-electron chi connectivity index (χ3n) is 3.82. The van der Waals surface area contributed by atoms with Gasteiger partial charge in [0.2, 0.25) is 17.7 Å². The highest BCUT2D eigenvalue weighted by molar-refractivity contribution is 5.99. The molecule has 6 nitrogen and oxygen atoms in total. The molecule has 1 aromatic rings.